The van der Waals surface area contributed by atoms with Gasteiger partial charge in [0.25, 0.3) is 0 Å². The van der Waals surface area contributed by atoms with Crippen LogP contribution in [0.5, 0.6) is 5.75 Å². The fourth-order valence-corrected chi connectivity index (χ4v) is 3.59. The molecule has 0 saturated carbocycles. The lowest BCUT2D eigenvalue weighted by molar-refractivity contribution is 0.414. The van der Waals surface area contributed by atoms with Crippen molar-refractivity contribution in [2.24, 2.45) is 0 Å². The summed E-state index contributed by atoms with van der Waals surface area (Å²) in [4.78, 5) is 1.00. The van der Waals surface area contributed by atoms with Crippen LogP contribution in [0.4, 0.5) is 0 Å². The molecule has 4 heteroatoms. The van der Waals surface area contributed by atoms with Crippen molar-refractivity contribution in [2.75, 3.05) is 7.11 Å². The molecule has 0 heterocycles. The van der Waals surface area contributed by atoms with E-state index in [-0.39, 0.29) is 0 Å². The summed E-state index contributed by atoms with van der Waals surface area (Å²) in [6.07, 6.45) is 0. The Balaban J connectivity index is 2.10. The van der Waals surface area contributed by atoms with Crippen molar-refractivity contribution in [3.63, 3.8) is 0 Å². The highest BCUT2D eigenvalue weighted by atomic mass is 32.2. The molecule has 0 aromatic heterocycles. The van der Waals surface area contributed by atoms with Crippen molar-refractivity contribution < 1.29 is 8.95 Å². The van der Waals surface area contributed by atoms with Crippen molar-refractivity contribution >= 4 is 20.5 Å². The molecule has 0 aliphatic carbocycles. The van der Waals surface area contributed by atoms with Gasteiger partial charge in [0.15, 0.2) is 0 Å². The van der Waals surface area contributed by atoms with E-state index >= 15 is 0 Å². The van der Waals surface area contributed by atoms with Crippen molar-refractivity contribution in [3.05, 3.63) is 66.7 Å². The smallest absolute Gasteiger partial charge is 0.118 e. The van der Waals surface area contributed by atoms with Gasteiger partial charge in [-0.3, -0.25) is 0 Å². The van der Waals surface area contributed by atoms with Crippen LogP contribution in [0.15, 0.2) is 76.5 Å². The third-order valence-corrected chi connectivity index (χ3v) is 5.30. The number of methoxy groups -OCH3 is 1. The third kappa shape index (κ3) is 2.50. The number of hydrogen-bond acceptors (Lipinski definition) is 3. The first-order chi connectivity index (χ1) is 10.1. The summed E-state index contributed by atoms with van der Waals surface area (Å²) in [7, 11) is -1.43. The molecule has 0 aliphatic rings. The Morgan fingerprint density at radius 3 is 2.14 bits per heavy atom. The quantitative estimate of drug-likeness (QED) is 0.783. The molecular formula is C17H15NO2S. The standard InChI is InChI=1S/C17H15NO2S/c1-20-15-7-10-16(11-8-15)21(18,19)17-9-6-13-4-2-3-5-14(13)12-17/h2-12,18H,1H3. The second kappa shape index (κ2) is 5.22. The first-order valence-corrected chi connectivity index (χ1v) is 8.09. The van der Waals surface area contributed by atoms with Gasteiger partial charge in [-0.15, -0.1) is 0 Å². The van der Waals surface area contributed by atoms with Gasteiger partial charge in [0, 0.05) is 0 Å². The van der Waals surface area contributed by atoms with Gasteiger partial charge in [-0.25, -0.2) is 8.99 Å². The molecule has 0 spiro atoms. The number of fused-ring (bicyclic) bond motifs is 1. The molecular weight excluding hydrogens is 282 g/mol. The maximum Gasteiger partial charge on any atom is 0.118 e. The fraction of sp³-hybridized carbons (Fsp3) is 0.0588. The van der Waals surface area contributed by atoms with Gasteiger partial charge in [0.2, 0.25) is 0 Å². The first kappa shape index (κ1) is 13.6. The van der Waals surface area contributed by atoms with Crippen LogP contribution < -0.4 is 4.74 Å². The Bertz CT molecular complexity index is 884. The topological polar surface area (TPSA) is 50.1 Å². The van der Waals surface area contributed by atoms with Crippen LogP contribution in [-0.2, 0) is 9.73 Å². The van der Waals surface area contributed by atoms with Crippen molar-refractivity contribution in [3.8, 4) is 5.75 Å². The highest BCUT2D eigenvalue weighted by Crippen LogP contribution is 2.26. The molecule has 0 bridgehead atoms. The van der Waals surface area contributed by atoms with Crippen LogP contribution in [-0.4, -0.2) is 11.3 Å². The maximum absolute atomic E-state index is 12.9. The molecule has 0 aliphatic heterocycles. The van der Waals surface area contributed by atoms with Crippen molar-refractivity contribution in [2.45, 2.75) is 9.79 Å². The van der Waals surface area contributed by atoms with E-state index in [2.05, 4.69) is 0 Å². The lowest BCUT2D eigenvalue weighted by Gasteiger charge is -2.10. The van der Waals surface area contributed by atoms with E-state index in [0.29, 0.717) is 15.5 Å². The van der Waals surface area contributed by atoms with Crippen LogP contribution in [0.3, 0.4) is 0 Å². The largest absolute Gasteiger partial charge is 0.497 e. The molecule has 0 radical (unpaired) electrons. The Morgan fingerprint density at radius 2 is 1.48 bits per heavy atom. The van der Waals surface area contributed by atoms with E-state index in [9.17, 15) is 4.21 Å². The minimum Gasteiger partial charge on any atom is -0.497 e. The van der Waals surface area contributed by atoms with Gasteiger partial charge in [-0.05, 0) is 47.2 Å². The van der Waals surface area contributed by atoms with Gasteiger partial charge in [-0.2, -0.15) is 0 Å². The molecule has 3 aromatic carbocycles. The van der Waals surface area contributed by atoms with E-state index in [1.807, 2.05) is 36.4 Å². The molecule has 3 rings (SSSR count). The Morgan fingerprint density at radius 1 is 0.857 bits per heavy atom. The van der Waals surface area contributed by atoms with E-state index in [0.717, 1.165) is 10.8 Å². The molecule has 3 nitrogen and oxygen atoms in total. The molecule has 21 heavy (non-hydrogen) atoms. The molecule has 0 saturated heterocycles. The highest BCUT2D eigenvalue weighted by Gasteiger charge is 2.14. The first-order valence-electron chi connectivity index (χ1n) is 6.53. The fourth-order valence-electron chi connectivity index (χ4n) is 2.25. The Labute approximate surface area is 124 Å². The number of hydrogen-bond donors (Lipinski definition) is 1. The van der Waals surface area contributed by atoms with Crippen molar-refractivity contribution in [1.29, 1.82) is 4.78 Å². The van der Waals surface area contributed by atoms with Gasteiger partial charge < -0.3 is 4.74 Å². The van der Waals surface area contributed by atoms with Gasteiger partial charge >= 0.3 is 0 Å². The molecule has 3 aromatic rings. The highest BCUT2D eigenvalue weighted by molar-refractivity contribution is 7.92. The van der Waals surface area contributed by atoms with Crippen LogP contribution in [0.2, 0.25) is 0 Å². The average Bonchev–Trinajstić information content (AvgIpc) is 2.54. The SMILES string of the molecule is COc1ccc(S(=N)(=O)c2ccc3ccccc3c2)cc1. The van der Waals surface area contributed by atoms with Crippen LogP contribution in [0.1, 0.15) is 0 Å². The number of rotatable bonds is 3. The number of nitrogens with one attached hydrogen (secondary N) is 1. The van der Waals surface area contributed by atoms with Crippen LogP contribution >= 0.6 is 0 Å². The summed E-state index contributed by atoms with van der Waals surface area (Å²) in [6.45, 7) is 0. The normalized spacial score (nSPS) is 13.8. The predicted octanol–water partition coefficient (Wildman–Crippen LogP) is 4.31. The third-order valence-electron chi connectivity index (χ3n) is 3.44. The van der Waals surface area contributed by atoms with Crippen molar-refractivity contribution in [1.82, 2.24) is 0 Å². The number of benzene rings is 3. The zero-order valence-electron chi connectivity index (χ0n) is 11.6. The van der Waals surface area contributed by atoms with E-state index in [4.69, 9.17) is 9.52 Å². The van der Waals surface area contributed by atoms with Crippen LogP contribution in [0, 0.1) is 4.78 Å². The average molecular weight is 297 g/mol. The molecule has 106 valence electrons. The summed E-state index contributed by atoms with van der Waals surface area (Å²) in [5.74, 6) is 0.687. The molecule has 0 fully saturated rings. The summed E-state index contributed by atoms with van der Waals surface area (Å²) in [5, 5.41) is 2.06. The molecule has 0 amide bonds. The monoisotopic (exact) mass is 297 g/mol. The second-order valence-electron chi connectivity index (χ2n) is 4.74. The summed E-state index contributed by atoms with van der Waals surface area (Å²) in [6, 6.07) is 20.2. The lowest BCUT2D eigenvalue weighted by Crippen LogP contribution is -2.00. The Kier molecular flexibility index (Phi) is 3.39. The summed E-state index contributed by atoms with van der Waals surface area (Å²) < 4.78 is 26.2. The molecule has 1 unspecified atom stereocenters. The number of ether oxygens (including phenoxy) is 1. The van der Waals surface area contributed by atoms with E-state index in [1.165, 1.54) is 0 Å². The van der Waals surface area contributed by atoms with Gasteiger partial charge in [0.1, 0.15) is 15.5 Å². The minimum absolute atomic E-state index is 0.485. The maximum atomic E-state index is 12.9. The van der Waals surface area contributed by atoms with Gasteiger partial charge in [0.05, 0.1) is 16.9 Å². The van der Waals surface area contributed by atoms with E-state index in [1.54, 1.807) is 37.4 Å². The van der Waals surface area contributed by atoms with E-state index < -0.39 is 9.73 Å². The summed E-state index contributed by atoms with van der Waals surface area (Å²) >= 11 is 0. The Hall–Kier alpha value is -2.33. The lowest BCUT2D eigenvalue weighted by atomic mass is 10.1. The second-order valence-corrected chi connectivity index (χ2v) is 6.80. The minimum atomic E-state index is -3.01. The van der Waals surface area contributed by atoms with Gasteiger partial charge in [-0.1, -0.05) is 30.3 Å². The zero-order chi connectivity index (χ0) is 14.9. The zero-order valence-corrected chi connectivity index (χ0v) is 12.4. The predicted molar refractivity (Wildman–Crippen MR) is 84.3 cm³/mol. The molecule has 1 N–H and O–H groups in total. The molecule has 1 atom stereocenters. The summed E-state index contributed by atoms with van der Waals surface area (Å²) in [5.41, 5.74) is 0. The van der Waals surface area contributed by atoms with Crippen LogP contribution in [0.25, 0.3) is 10.8 Å².